The maximum atomic E-state index is 12.4. The van der Waals surface area contributed by atoms with Crippen LogP contribution in [0.3, 0.4) is 0 Å². The van der Waals surface area contributed by atoms with Gasteiger partial charge in [0, 0.05) is 0 Å². The summed E-state index contributed by atoms with van der Waals surface area (Å²) in [6, 6.07) is 4.56. The second-order valence-corrected chi connectivity index (χ2v) is 2.76. The van der Waals surface area contributed by atoms with Gasteiger partial charge in [-0.1, -0.05) is 0 Å². The van der Waals surface area contributed by atoms with E-state index in [2.05, 4.69) is 6.07 Å². The zero-order valence-corrected chi connectivity index (χ0v) is 7.02. The van der Waals surface area contributed by atoms with Gasteiger partial charge in [0.2, 0.25) is 0 Å². The Morgan fingerprint density at radius 1 is 1.14 bits per heavy atom. The smallest absolute Gasteiger partial charge is 0.420 e. The molecular formula is C9H6F3O2. The third kappa shape index (κ3) is 1.49. The first-order valence-corrected chi connectivity index (χ1v) is 3.96. The van der Waals surface area contributed by atoms with Crippen molar-refractivity contribution < 1.29 is 22.6 Å². The van der Waals surface area contributed by atoms with Crippen molar-refractivity contribution in [3.8, 4) is 11.5 Å². The van der Waals surface area contributed by atoms with Crippen molar-refractivity contribution >= 4 is 0 Å². The van der Waals surface area contributed by atoms with Crippen LogP contribution < -0.4 is 9.47 Å². The quantitative estimate of drug-likeness (QED) is 0.644. The van der Waals surface area contributed by atoms with Gasteiger partial charge >= 0.3 is 6.18 Å². The van der Waals surface area contributed by atoms with Gasteiger partial charge in [-0.25, -0.2) is 0 Å². The van der Waals surface area contributed by atoms with Crippen LogP contribution in [0.15, 0.2) is 12.1 Å². The second kappa shape index (κ2) is 3.08. The van der Waals surface area contributed by atoms with E-state index in [0.29, 0.717) is 0 Å². The molecule has 1 aromatic carbocycles. The minimum Gasteiger partial charge on any atom is -0.486 e. The number of hydrogen-bond acceptors (Lipinski definition) is 2. The van der Waals surface area contributed by atoms with Gasteiger partial charge in [-0.3, -0.25) is 0 Å². The fraction of sp³-hybridized carbons (Fsp3) is 0.333. The van der Waals surface area contributed by atoms with Crippen LogP contribution in [-0.4, -0.2) is 13.2 Å². The lowest BCUT2D eigenvalue weighted by atomic mass is 10.1. The number of ether oxygens (including phenoxy) is 2. The van der Waals surface area contributed by atoms with Gasteiger partial charge in [0.15, 0.2) is 11.5 Å². The number of halogens is 3. The Morgan fingerprint density at radius 3 is 2.57 bits per heavy atom. The van der Waals surface area contributed by atoms with Gasteiger partial charge in [-0.05, 0) is 18.2 Å². The first-order chi connectivity index (χ1) is 6.59. The molecule has 0 atom stereocenters. The molecule has 1 heterocycles. The largest absolute Gasteiger partial charge is 0.486 e. The SMILES string of the molecule is FC(F)(F)c1c[c]cc2c1OCCO2. The monoisotopic (exact) mass is 203 g/mol. The maximum absolute atomic E-state index is 12.4. The number of alkyl halides is 3. The Labute approximate surface area is 78.2 Å². The van der Waals surface area contributed by atoms with Gasteiger partial charge in [-0.2, -0.15) is 13.2 Å². The molecular weight excluding hydrogens is 197 g/mol. The van der Waals surface area contributed by atoms with Crippen LogP contribution in [0.4, 0.5) is 13.2 Å². The predicted molar refractivity (Wildman–Crippen MR) is 41.3 cm³/mol. The number of benzene rings is 1. The Bertz CT molecular complexity index is 346. The van der Waals surface area contributed by atoms with E-state index in [1.54, 1.807) is 0 Å². The molecule has 0 fully saturated rings. The average molecular weight is 203 g/mol. The standard InChI is InChI=1S/C9H6F3O2/c10-9(11,12)6-2-1-3-7-8(6)14-5-4-13-7/h2-3H,4-5H2. The van der Waals surface area contributed by atoms with Crippen molar-refractivity contribution in [2.75, 3.05) is 13.2 Å². The molecule has 5 heteroatoms. The third-order valence-electron chi connectivity index (χ3n) is 1.80. The highest BCUT2D eigenvalue weighted by Crippen LogP contribution is 2.42. The molecule has 0 aliphatic carbocycles. The predicted octanol–water partition coefficient (Wildman–Crippen LogP) is 2.28. The fourth-order valence-corrected chi connectivity index (χ4v) is 1.23. The van der Waals surface area contributed by atoms with Crippen molar-refractivity contribution in [2.24, 2.45) is 0 Å². The van der Waals surface area contributed by atoms with E-state index < -0.39 is 11.7 Å². The number of fused-ring (bicyclic) bond motifs is 1. The molecule has 0 amide bonds. The highest BCUT2D eigenvalue weighted by molar-refractivity contribution is 5.48. The highest BCUT2D eigenvalue weighted by atomic mass is 19.4. The Hall–Kier alpha value is -1.39. The zero-order valence-electron chi connectivity index (χ0n) is 7.02. The van der Waals surface area contributed by atoms with Crippen LogP contribution in [0, 0.1) is 6.07 Å². The molecule has 1 aromatic rings. The molecule has 2 rings (SSSR count). The minimum absolute atomic E-state index is 0.103. The summed E-state index contributed by atoms with van der Waals surface area (Å²) in [5.41, 5.74) is -0.838. The van der Waals surface area contributed by atoms with Gasteiger partial charge in [0.05, 0.1) is 0 Å². The summed E-state index contributed by atoms with van der Waals surface area (Å²) in [7, 11) is 0. The first-order valence-electron chi connectivity index (χ1n) is 3.96. The topological polar surface area (TPSA) is 18.5 Å². The lowest BCUT2D eigenvalue weighted by molar-refractivity contribution is -0.139. The summed E-state index contributed by atoms with van der Waals surface area (Å²) in [6.45, 7) is 0.405. The molecule has 1 aliphatic rings. The van der Waals surface area contributed by atoms with Crippen LogP contribution in [-0.2, 0) is 6.18 Å². The van der Waals surface area contributed by atoms with Gasteiger partial charge in [0.1, 0.15) is 18.8 Å². The molecule has 0 N–H and O–H groups in total. The lowest BCUT2D eigenvalue weighted by Gasteiger charge is -2.21. The van der Waals surface area contributed by atoms with E-state index in [0.717, 1.165) is 6.07 Å². The van der Waals surface area contributed by atoms with Crippen molar-refractivity contribution in [1.29, 1.82) is 0 Å². The van der Waals surface area contributed by atoms with Crippen molar-refractivity contribution in [1.82, 2.24) is 0 Å². The van der Waals surface area contributed by atoms with Crippen LogP contribution >= 0.6 is 0 Å². The summed E-state index contributed by atoms with van der Waals surface area (Å²) in [5, 5.41) is 0. The molecule has 1 aliphatic heterocycles. The molecule has 75 valence electrons. The van der Waals surface area contributed by atoms with E-state index in [1.165, 1.54) is 6.07 Å². The maximum Gasteiger partial charge on any atom is 0.420 e. The van der Waals surface area contributed by atoms with Gasteiger partial charge in [-0.15, -0.1) is 0 Å². The van der Waals surface area contributed by atoms with Crippen molar-refractivity contribution in [3.63, 3.8) is 0 Å². The molecule has 0 saturated heterocycles. The van der Waals surface area contributed by atoms with E-state index in [9.17, 15) is 13.2 Å². The fourth-order valence-electron chi connectivity index (χ4n) is 1.23. The van der Waals surface area contributed by atoms with Crippen LogP contribution in [0.5, 0.6) is 11.5 Å². The third-order valence-corrected chi connectivity index (χ3v) is 1.80. The second-order valence-electron chi connectivity index (χ2n) is 2.76. The first kappa shape index (κ1) is 9.18. The molecule has 0 saturated carbocycles. The Kier molecular flexibility index (Phi) is 2.02. The van der Waals surface area contributed by atoms with Gasteiger partial charge < -0.3 is 9.47 Å². The zero-order chi connectivity index (χ0) is 10.2. The molecule has 0 aromatic heterocycles. The van der Waals surface area contributed by atoms with Crippen LogP contribution in [0.2, 0.25) is 0 Å². The van der Waals surface area contributed by atoms with E-state index >= 15 is 0 Å². The lowest BCUT2D eigenvalue weighted by Crippen LogP contribution is -2.19. The minimum atomic E-state index is -4.43. The average Bonchev–Trinajstić information content (AvgIpc) is 2.15. The molecule has 14 heavy (non-hydrogen) atoms. The highest BCUT2D eigenvalue weighted by Gasteiger charge is 2.36. The summed E-state index contributed by atoms with van der Waals surface area (Å²) in [5.74, 6) is -0.131. The van der Waals surface area contributed by atoms with Crippen molar-refractivity contribution in [2.45, 2.75) is 6.18 Å². The van der Waals surface area contributed by atoms with E-state index in [4.69, 9.17) is 9.47 Å². The van der Waals surface area contributed by atoms with E-state index in [-0.39, 0.29) is 24.7 Å². The summed E-state index contributed by atoms with van der Waals surface area (Å²) in [4.78, 5) is 0. The molecule has 0 unspecified atom stereocenters. The summed E-state index contributed by atoms with van der Waals surface area (Å²) >= 11 is 0. The van der Waals surface area contributed by atoms with Crippen LogP contribution in [0.25, 0.3) is 0 Å². The summed E-state index contributed by atoms with van der Waals surface area (Å²) in [6.07, 6.45) is -4.43. The van der Waals surface area contributed by atoms with Crippen molar-refractivity contribution in [3.05, 3.63) is 23.8 Å². The Balaban J connectivity index is 2.51. The number of rotatable bonds is 0. The molecule has 1 radical (unpaired) electrons. The number of hydrogen-bond donors (Lipinski definition) is 0. The summed E-state index contributed by atoms with van der Waals surface area (Å²) < 4.78 is 47.2. The molecule has 0 spiro atoms. The van der Waals surface area contributed by atoms with E-state index in [1.807, 2.05) is 0 Å². The van der Waals surface area contributed by atoms with Gasteiger partial charge in [0.25, 0.3) is 0 Å². The molecule has 0 bridgehead atoms. The normalized spacial score (nSPS) is 15.4. The van der Waals surface area contributed by atoms with Crippen LogP contribution in [0.1, 0.15) is 5.56 Å². The molecule has 2 nitrogen and oxygen atoms in total. The Morgan fingerprint density at radius 2 is 1.86 bits per heavy atom.